The molecule has 2 atom stereocenters. The molecule has 0 aliphatic heterocycles. The van der Waals surface area contributed by atoms with Crippen LogP contribution in [-0.4, -0.2) is 17.3 Å². The first-order valence-electron chi connectivity index (χ1n) is 6.07. The van der Waals surface area contributed by atoms with Crippen LogP contribution in [0.5, 0.6) is 0 Å². The average Bonchev–Trinajstić information content (AvgIpc) is 2.34. The second kappa shape index (κ2) is 7.42. The molecular formula is C14H22O2. The number of benzene rings is 1. The van der Waals surface area contributed by atoms with E-state index in [1.54, 1.807) is 0 Å². The minimum Gasteiger partial charge on any atom is -0.390 e. The van der Waals surface area contributed by atoms with Gasteiger partial charge in [0.15, 0.2) is 0 Å². The van der Waals surface area contributed by atoms with E-state index < -0.39 is 0 Å². The lowest BCUT2D eigenvalue weighted by atomic mass is 10.1. The highest BCUT2D eigenvalue weighted by Crippen LogP contribution is 2.10. The highest BCUT2D eigenvalue weighted by atomic mass is 16.5. The molecule has 0 radical (unpaired) electrons. The van der Waals surface area contributed by atoms with Crippen LogP contribution >= 0.6 is 0 Å². The minimum atomic E-state index is -0.344. The summed E-state index contributed by atoms with van der Waals surface area (Å²) < 4.78 is 5.64. The summed E-state index contributed by atoms with van der Waals surface area (Å²) in [5.41, 5.74) is 1.15. The van der Waals surface area contributed by atoms with Crippen molar-refractivity contribution in [3.63, 3.8) is 0 Å². The van der Waals surface area contributed by atoms with Gasteiger partial charge in [0.1, 0.15) is 0 Å². The third kappa shape index (κ3) is 4.77. The van der Waals surface area contributed by atoms with E-state index in [-0.39, 0.29) is 12.2 Å². The molecule has 90 valence electrons. The number of hydrogen-bond acceptors (Lipinski definition) is 2. The molecule has 1 rings (SSSR count). The average molecular weight is 222 g/mol. The summed E-state index contributed by atoms with van der Waals surface area (Å²) in [4.78, 5) is 0. The van der Waals surface area contributed by atoms with Crippen LogP contribution in [0.3, 0.4) is 0 Å². The lowest BCUT2D eigenvalue weighted by molar-refractivity contribution is -0.0386. The van der Waals surface area contributed by atoms with Gasteiger partial charge in [-0.1, -0.05) is 50.1 Å². The maximum Gasteiger partial charge on any atom is 0.0810 e. The molecule has 2 nitrogen and oxygen atoms in total. The molecule has 2 heteroatoms. The van der Waals surface area contributed by atoms with Crippen LogP contribution in [0.15, 0.2) is 30.3 Å². The SMILES string of the molecule is CCCC[C@H](O)[C@H](C)OCc1ccccc1. The van der Waals surface area contributed by atoms with Crippen molar-refractivity contribution in [2.75, 3.05) is 0 Å². The quantitative estimate of drug-likeness (QED) is 0.768. The molecule has 0 aliphatic rings. The molecule has 1 N–H and O–H groups in total. The first-order chi connectivity index (χ1) is 7.74. The highest BCUT2D eigenvalue weighted by Gasteiger charge is 2.13. The van der Waals surface area contributed by atoms with Gasteiger partial charge in [-0.15, -0.1) is 0 Å². The van der Waals surface area contributed by atoms with Crippen molar-refractivity contribution in [1.29, 1.82) is 0 Å². The normalized spacial score (nSPS) is 14.7. The smallest absolute Gasteiger partial charge is 0.0810 e. The summed E-state index contributed by atoms with van der Waals surface area (Å²) >= 11 is 0. The van der Waals surface area contributed by atoms with Crippen molar-refractivity contribution in [1.82, 2.24) is 0 Å². The lowest BCUT2D eigenvalue weighted by Crippen LogP contribution is -2.25. The van der Waals surface area contributed by atoms with Gasteiger partial charge in [0.05, 0.1) is 18.8 Å². The van der Waals surface area contributed by atoms with Gasteiger partial charge in [0.2, 0.25) is 0 Å². The summed E-state index contributed by atoms with van der Waals surface area (Å²) in [5, 5.41) is 9.80. The molecule has 0 unspecified atom stereocenters. The Bertz CT molecular complexity index is 271. The molecule has 0 amide bonds. The molecule has 0 spiro atoms. The van der Waals surface area contributed by atoms with Gasteiger partial charge >= 0.3 is 0 Å². The van der Waals surface area contributed by atoms with Crippen LogP contribution < -0.4 is 0 Å². The van der Waals surface area contributed by atoms with Crippen LogP contribution in [0.1, 0.15) is 38.7 Å². The van der Waals surface area contributed by atoms with Gasteiger partial charge in [-0.25, -0.2) is 0 Å². The standard InChI is InChI=1S/C14H22O2/c1-3-4-10-14(15)12(2)16-11-13-8-6-5-7-9-13/h5-9,12,14-15H,3-4,10-11H2,1-2H3/t12-,14-/m0/s1. The topological polar surface area (TPSA) is 29.5 Å². The zero-order chi connectivity index (χ0) is 11.8. The zero-order valence-corrected chi connectivity index (χ0v) is 10.2. The maximum absolute atomic E-state index is 9.80. The third-order valence-corrected chi connectivity index (χ3v) is 2.75. The van der Waals surface area contributed by atoms with Crippen molar-refractivity contribution in [2.24, 2.45) is 0 Å². The molecule has 0 heterocycles. The highest BCUT2D eigenvalue weighted by molar-refractivity contribution is 5.13. The lowest BCUT2D eigenvalue weighted by Gasteiger charge is -2.19. The summed E-state index contributed by atoms with van der Waals surface area (Å²) in [6, 6.07) is 10.0. The van der Waals surface area contributed by atoms with Crippen molar-refractivity contribution in [3.05, 3.63) is 35.9 Å². The van der Waals surface area contributed by atoms with E-state index in [4.69, 9.17) is 4.74 Å². The Labute approximate surface area is 98.3 Å². The molecule has 0 saturated carbocycles. The van der Waals surface area contributed by atoms with E-state index >= 15 is 0 Å². The Morgan fingerprint density at radius 3 is 2.56 bits per heavy atom. The molecule has 16 heavy (non-hydrogen) atoms. The summed E-state index contributed by atoms with van der Waals surface area (Å²) in [6.45, 7) is 4.64. The van der Waals surface area contributed by atoms with Crippen LogP contribution in [-0.2, 0) is 11.3 Å². The van der Waals surface area contributed by atoms with E-state index in [0.29, 0.717) is 6.61 Å². The van der Waals surface area contributed by atoms with E-state index in [1.807, 2.05) is 37.3 Å². The fourth-order valence-electron chi connectivity index (χ4n) is 1.56. The Hall–Kier alpha value is -0.860. The molecule has 0 saturated heterocycles. The third-order valence-electron chi connectivity index (χ3n) is 2.75. The molecule has 0 fully saturated rings. The maximum atomic E-state index is 9.80. The van der Waals surface area contributed by atoms with Gasteiger partial charge < -0.3 is 9.84 Å². The Morgan fingerprint density at radius 2 is 1.94 bits per heavy atom. The predicted molar refractivity (Wildman–Crippen MR) is 66.2 cm³/mol. The van der Waals surface area contributed by atoms with Crippen LogP contribution in [0, 0.1) is 0 Å². The summed E-state index contributed by atoms with van der Waals surface area (Å²) in [7, 11) is 0. The van der Waals surface area contributed by atoms with Gasteiger partial charge in [-0.3, -0.25) is 0 Å². The van der Waals surface area contributed by atoms with Crippen molar-refractivity contribution < 1.29 is 9.84 Å². The first-order valence-corrected chi connectivity index (χ1v) is 6.07. The van der Waals surface area contributed by atoms with Crippen LogP contribution in [0.4, 0.5) is 0 Å². The van der Waals surface area contributed by atoms with Crippen molar-refractivity contribution in [2.45, 2.75) is 51.9 Å². The van der Waals surface area contributed by atoms with Crippen molar-refractivity contribution in [3.8, 4) is 0 Å². The molecule has 0 bridgehead atoms. The predicted octanol–water partition coefficient (Wildman–Crippen LogP) is 3.14. The molecule has 1 aromatic carbocycles. The van der Waals surface area contributed by atoms with Gasteiger partial charge in [0, 0.05) is 0 Å². The van der Waals surface area contributed by atoms with Gasteiger partial charge in [-0.2, -0.15) is 0 Å². The molecule has 1 aromatic rings. The number of aliphatic hydroxyl groups is 1. The number of rotatable bonds is 7. The Kier molecular flexibility index (Phi) is 6.12. The Balaban J connectivity index is 2.26. The van der Waals surface area contributed by atoms with E-state index in [2.05, 4.69) is 6.92 Å². The number of unbranched alkanes of at least 4 members (excludes halogenated alkanes) is 1. The summed E-state index contributed by atoms with van der Waals surface area (Å²) in [5.74, 6) is 0. The second-order valence-electron chi connectivity index (χ2n) is 4.21. The largest absolute Gasteiger partial charge is 0.390 e. The second-order valence-corrected chi connectivity index (χ2v) is 4.21. The minimum absolute atomic E-state index is 0.0910. The molecule has 0 aromatic heterocycles. The number of hydrogen-bond donors (Lipinski definition) is 1. The van der Waals surface area contributed by atoms with Crippen molar-refractivity contribution >= 4 is 0 Å². The van der Waals surface area contributed by atoms with E-state index in [9.17, 15) is 5.11 Å². The van der Waals surface area contributed by atoms with E-state index in [0.717, 1.165) is 24.8 Å². The fourth-order valence-corrected chi connectivity index (χ4v) is 1.56. The monoisotopic (exact) mass is 222 g/mol. The molecule has 0 aliphatic carbocycles. The van der Waals surface area contributed by atoms with Crippen LogP contribution in [0.25, 0.3) is 0 Å². The fraction of sp³-hybridized carbons (Fsp3) is 0.571. The first kappa shape index (κ1) is 13.2. The molecular weight excluding hydrogens is 200 g/mol. The van der Waals surface area contributed by atoms with Crippen LogP contribution in [0.2, 0.25) is 0 Å². The van der Waals surface area contributed by atoms with E-state index in [1.165, 1.54) is 0 Å². The van der Waals surface area contributed by atoms with Gasteiger partial charge in [-0.05, 0) is 18.9 Å². The zero-order valence-electron chi connectivity index (χ0n) is 10.2. The Morgan fingerprint density at radius 1 is 1.25 bits per heavy atom. The number of ether oxygens (including phenoxy) is 1. The summed E-state index contributed by atoms with van der Waals surface area (Å²) in [6.07, 6.45) is 2.56. The number of aliphatic hydroxyl groups excluding tert-OH is 1. The van der Waals surface area contributed by atoms with Gasteiger partial charge in [0.25, 0.3) is 0 Å².